The topological polar surface area (TPSA) is 67.3 Å². The minimum absolute atomic E-state index is 0.194. The molecule has 4 heterocycles. The van der Waals surface area contributed by atoms with Gasteiger partial charge >= 0.3 is 0 Å². The number of rotatable bonds is 3. The number of aromatic nitrogens is 4. The molecular formula is C18H24N6O. The van der Waals surface area contributed by atoms with Gasteiger partial charge in [-0.3, -0.25) is 4.98 Å². The van der Waals surface area contributed by atoms with Crippen LogP contribution in [0.25, 0.3) is 0 Å². The summed E-state index contributed by atoms with van der Waals surface area (Å²) in [5.74, 6) is 1.72. The van der Waals surface area contributed by atoms with Crippen LogP contribution in [0.15, 0.2) is 31.0 Å². The predicted molar refractivity (Wildman–Crippen MR) is 95.8 cm³/mol. The van der Waals surface area contributed by atoms with E-state index in [-0.39, 0.29) is 5.60 Å². The molecule has 2 fully saturated rings. The molecule has 2 aromatic heterocycles. The van der Waals surface area contributed by atoms with E-state index < -0.39 is 0 Å². The van der Waals surface area contributed by atoms with Crippen LogP contribution >= 0.6 is 0 Å². The van der Waals surface area contributed by atoms with Crippen LogP contribution in [0.5, 0.6) is 0 Å². The maximum Gasteiger partial charge on any atom is 0.225 e. The van der Waals surface area contributed by atoms with Crippen LogP contribution in [0, 0.1) is 0 Å². The Labute approximate surface area is 148 Å². The van der Waals surface area contributed by atoms with Gasteiger partial charge in [-0.25, -0.2) is 15.0 Å². The van der Waals surface area contributed by atoms with Crippen molar-refractivity contribution in [3.63, 3.8) is 0 Å². The van der Waals surface area contributed by atoms with Crippen molar-refractivity contribution >= 4 is 11.8 Å². The summed E-state index contributed by atoms with van der Waals surface area (Å²) in [7, 11) is 0. The Balaban J connectivity index is 1.50. The SMILES string of the molecule is CCc1cnc(N2CCO[C@]3(CCCN(c4cnccn4)C3)C2)nc1. The average molecular weight is 340 g/mol. The molecule has 0 saturated carbocycles. The molecule has 1 spiro atoms. The van der Waals surface area contributed by atoms with Gasteiger partial charge < -0.3 is 14.5 Å². The van der Waals surface area contributed by atoms with E-state index in [1.165, 1.54) is 5.56 Å². The third-order valence-corrected chi connectivity index (χ3v) is 5.04. The Morgan fingerprint density at radius 1 is 1.04 bits per heavy atom. The quantitative estimate of drug-likeness (QED) is 0.842. The van der Waals surface area contributed by atoms with Crippen molar-refractivity contribution in [2.45, 2.75) is 31.8 Å². The van der Waals surface area contributed by atoms with Crippen LogP contribution in [0.1, 0.15) is 25.3 Å². The molecule has 2 aromatic rings. The number of hydrogen-bond donors (Lipinski definition) is 0. The fraction of sp³-hybridized carbons (Fsp3) is 0.556. The lowest BCUT2D eigenvalue weighted by Crippen LogP contribution is -2.60. The number of hydrogen-bond acceptors (Lipinski definition) is 7. The second kappa shape index (κ2) is 6.92. The van der Waals surface area contributed by atoms with Crippen molar-refractivity contribution in [2.75, 3.05) is 42.6 Å². The van der Waals surface area contributed by atoms with Crippen LogP contribution < -0.4 is 9.80 Å². The molecule has 0 unspecified atom stereocenters. The summed E-state index contributed by atoms with van der Waals surface area (Å²) in [6.07, 6.45) is 12.2. The molecule has 0 radical (unpaired) electrons. The summed E-state index contributed by atoms with van der Waals surface area (Å²) in [6, 6.07) is 0. The first kappa shape index (κ1) is 16.2. The van der Waals surface area contributed by atoms with E-state index >= 15 is 0 Å². The summed E-state index contributed by atoms with van der Waals surface area (Å²) >= 11 is 0. The zero-order valence-electron chi connectivity index (χ0n) is 14.6. The van der Waals surface area contributed by atoms with Crippen molar-refractivity contribution in [1.29, 1.82) is 0 Å². The lowest BCUT2D eigenvalue weighted by Gasteiger charge is -2.48. The number of nitrogens with zero attached hydrogens (tertiary/aromatic N) is 6. The minimum Gasteiger partial charge on any atom is -0.369 e. The standard InChI is InChI=1S/C18H24N6O/c1-2-15-10-21-17(22-11-15)24-8-9-25-18(14-24)4-3-7-23(13-18)16-12-19-5-6-20-16/h5-6,10-12H,2-4,7-9,13-14H2,1H3/t18-/m0/s1. The Morgan fingerprint density at radius 2 is 1.88 bits per heavy atom. The van der Waals surface area contributed by atoms with E-state index in [4.69, 9.17) is 4.74 Å². The largest absolute Gasteiger partial charge is 0.369 e. The van der Waals surface area contributed by atoms with Gasteiger partial charge in [0.25, 0.3) is 0 Å². The summed E-state index contributed by atoms with van der Waals surface area (Å²) in [4.78, 5) is 22.3. The first-order chi connectivity index (χ1) is 12.3. The molecule has 0 N–H and O–H groups in total. The van der Waals surface area contributed by atoms with Crippen LogP contribution in [-0.2, 0) is 11.2 Å². The number of ether oxygens (including phenoxy) is 1. The van der Waals surface area contributed by atoms with Crippen molar-refractivity contribution in [3.8, 4) is 0 Å². The fourth-order valence-electron chi connectivity index (χ4n) is 3.70. The van der Waals surface area contributed by atoms with E-state index in [1.807, 2.05) is 18.6 Å². The van der Waals surface area contributed by atoms with Crippen molar-refractivity contribution < 1.29 is 4.74 Å². The Morgan fingerprint density at radius 3 is 2.64 bits per heavy atom. The lowest BCUT2D eigenvalue weighted by molar-refractivity contribution is -0.0634. The van der Waals surface area contributed by atoms with Gasteiger partial charge in [0.15, 0.2) is 0 Å². The molecular weight excluding hydrogens is 316 g/mol. The average Bonchev–Trinajstić information content (AvgIpc) is 2.69. The third-order valence-electron chi connectivity index (χ3n) is 5.04. The summed E-state index contributed by atoms with van der Waals surface area (Å²) < 4.78 is 6.27. The molecule has 1 atom stereocenters. The maximum absolute atomic E-state index is 6.27. The van der Waals surface area contributed by atoms with Gasteiger partial charge in [-0.1, -0.05) is 6.92 Å². The van der Waals surface area contributed by atoms with Crippen molar-refractivity contribution in [1.82, 2.24) is 19.9 Å². The summed E-state index contributed by atoms with van der Waals surface area (Å²) in [6.45, 7) is 6.28. The minimum atomic E-state index is -0.194. The van der Waals surface area contributed by atoms with E-state index in [0.717, 1.165) is 57.2 Å². The van der Waals surface area contributed by atoms with E-state index in [0.29, 0.717) is 6.61 Å². The number of morpholine rings is 1. The predicted octanol–water partition coefficient (Wildman–Crippen LogP) is 1.70. The highest BCUT2D eigenvalue weighted by Gasteiger charge is 2.41. The van der Waals surface area contributed by atoms with Gasteiger partial charge in [0, 0.05) is 37.9 Å². The van der Waals surface area contributed by atoms with E-state index in [9.17, 15) is 0 Å². The smallest absolute Gasteiger partial charge is 0.225 e. The maximum atomic E-state index is 6.27. The van der Waals surface area contributed by atoms with Crippen LogP contribution in [0.4, 0.5) is 11.8 Å². The molecule has 4 rings (SSSR count). The zero-order chi connectivity index (χ0) is 17.1. The normalized spacial score (nSPS) is 23.9. The van der Waals surface area contributed by atoms with Gasteiger partial charge in [-0.2, -0.15) is 0 Å². The van der Waals surface area contributed by atoms with Crippen LogP contribution in [-0.4, -0.2) is 58.3 Å². The van der Waals surface area contributed by atoms with E-state index in [2.05, 4.69) is 36.7 Å². The molecule has 7 nitrogen and oxygen atoms in total. The molecule has 2 saturated heterocycles. The molecule has 2 aliphatic rings. The second-order valence-corrected chi connectivity index (χ2v) is 6.79. The van der Waals surface area contributed by atoms with Gasteiger partial charge in [0.05, 0.1) is 25.9 Å². The molecule has 0 bridgehead atoms. The summed E-state index contributed by atoms with van der Waals surface area (Å²) in [5, 5.41) is 0. The Bertz CT molecular complexity index is 690. The Hall–Kier alpha value is -2.28. The van der Waals surface area contributed by atoms with Crippen molar-refractivity contribution in [2.24, 2.45) is 0 Å². The van der Waals surface area contributed by atoms with Crippen LogP contribution in [0.3, 0.4) is 0 Å². The molecule has 0 amide bonds. The second-order valence-electron chi connectivity index (χ2n) is 6.79. The van der Waals surface area contributed by atoms with Gasteiger partial charge in [-0.05, 0) is 24.8 Å². The number of piperidine rings is 1. The fourth-order valence-corrected chi connectivity index (χ4v) is 3.70. The zero-order valence-corrected chi connectivity index (χ0v) is 14.6. The highest BCUT2D eigenvalue weighted by molar-refractivity contribution is 5.38. The first-order valence-electron chi connectivity index (χ1n) is 8.99. The van der Waals surface area contributed by atoms with Gasteiger partial charge in [-0.15, -0.1) is 0 Å². The number of anilines is 2. The van der Waals surface area contributed by atoms with Gasteiger partial charge in [0.1, 0.15) is 11.4 Å². The van der Waals surface area contributed by atoms with E-state index in [1.54, 1.807) is 12.4 Å². The molecule has 0 aromatic carbocycles. The lowest BCUT2D eigenvalue weighted by atomic mass is 9.90. The highest BCUT2D eigenvalue weighted by atomic mass is 16.5. The molecule has 132 valence electrons. The molecule has 7 heteroatoms. The molecule has 2 aliphatic heterocycles. The number of aryl methyl sites for hydroxylation is 1. The Kier molecular flexibility index (Phi) is 4.48. The third kappa shape index (κ3) is 3.42. The summed E-state index contributed by atoms with van der Waals surface area (Å²) in [5.41, 5.74) is 0.971. The first-order valence-corrected chi connectivity index (χ1v) is 8.99. The molecule has 25 heavy (non-hydrogen) atoms. The highest BCUT2D eigenvalue weighted by Crippen LogP contribution is 2.31. The van der Waals surface area contributed by atoms with Gasteiger partial charge in [0.2, 0.25) is 5.95 Å². The molecule has 0 aliphatic carbocycles. The van der Waals surface area contributed by atoms with Crippen LogP contribution in [0.2, 0.25) is 0 Å². The monoisotopic (exact) mass is 340 g/mol. The van der Waals surface area contributed by atoms with Crippen molar-refractivity contribution in [3.05, 3.63) is 36.5 Å².